The van der Waals surface area contributed by atoms with Gasteiger partial charge in [-0.15, -0.1) is 0 Å². The number of carbonyl (C=O) groups is 2. The molecule has 0 aliphatic rings. The number of aryl methyl sites for hydroxylation is 1. The molecule has 0 aliphatic carbocycles. The summed E-state index contributed by atoms with van der Waals surface area (Å²) in [6, 6.07) is 12.9. The van der Waals surface area contributed by atoms with Crippen LogP contribution >= 0.6 is 23.2 Å². The zero-order chi connectivity index (χ0) is 22.3. The summed E-state index contributed by atoms with van der Waals surface area (Å²) in [6.07, 6.45) is 0.902. The summed E-state index contributed by atoms with van der Waals surface area (Å²) in [5.74, 6) is 0.155. The predicted octanol–water partition coefficient (Wildman–Crippen LogP) is 5.60. The zero-order valence-electron chi connectivity index (χ0n) is 18.0. The molecule has 0 saturated heterocycles. The van der Waals surface area contributed by atoms with Gasteiger partial charge >= 0.3 is 0 Å². The van der Waals surface area contributed by atoms with Crippen LogP contribution in [0.1, 0.15) is 56.7 Å². The number of amides is 2. The molecule has 0 spiro atoms. The van der Waals surface area contributed by atoms with Crippen LogP contribution in [0.25, 0.3) is 0 Å². The largest absolute Gasteiger partial charge is 0.355 e. The van der Waals surface area contributed by atoms with E-state index in [2.05, 4.69) is 43.4 Å². The Morgan fingerprint density at radius 2 is 1.60 bits per heavy atom. The molecule has 2 amide bonds. The molecule has 30 heavy (non-hydrogen) atoms. The van der Waals surface area contributed by atoms with E-state index in [-0.39, 0.29) is 18.4 Å². The van der Waals surface area contributed by atoms with Crippen LogP contribution in [0.2, 0.25) is 10.0 Å². The number of benzene rings is 2. The van der Waals surface area contributed by atoms with Crippen molar-refractivity contribution in [2.45, 2.75) is 59.0 Å². The minimum atomic E-state index is -0.631. The van der Waals surface area contributed by atoms with Crippen LogP contribution in [-0.2, 0) is 22.6 Å². The van der Waals surface area contributed by atoms with Crippen molar-refractivity contribution in [3.8, 4) is 0 Å². The minimum absolute atomic E-state index is 0.113. The van der Waals surface area contributed by atoms with Gasteiger partial charge in [0.15, 0.2) is 0 Å². The van der Waals surface area contributed by atoms with Gasteiger partial charge in [0, 0.05) is 35.1 Å². The van der Waals surface area contributed by atoms with Crippen LogP contribution in [0, 0.1) is 0 Å². The summed E-state index contributed by atoms with van der Waals surface area (Å²) in [6.45, 7) is 8.56. The van der Waals surface area contributed by atoms with Crippen LogP contribution in [-0.4, -0.2) is 29.3 Å². The summed E-state index contributed by atoms with van der Waals surface area (Å²) in [5.41, 5.74) is 3.01. The van der Waals surface area contributed by atoms with Crippen LogP contribution in [0.4, 0.5) is 0 Å². The van der Waals surface area contributed by atoms with E-state index in [1.54, 1.807) is 30.0 Å². The first-order chi connectivity index (χ1) is 14.2. The van der Waals surface area contributed by atoms with Crippen molar-refractivity contribution in [3.05, 3.63) is 69.2 Å². The molecule has 2 aromatic carbocycles. The van der Waals surface area contributed by atoms with Gasteiger partial charge in [0.1, 0.15) is 6.04 Å². The Bertz CT molecular complexity index is 846. The van der Waals surface area contributed by atoms with Crippen molar-refractivity contribution in [1.29, 1.82) is 0 Å². The van der Waals surface area contributed by atoms with Crippen molar-refractivity contribution in [2.24, 2.45) is 0 Å². The van der Waals surface area contributed by atoms with Crippen LogP contribution in [0.3, 0.4) is 0 Å². The SMILES string of the molecule is CCNC(=O)[C@H](C)N(Cc1c(Cl)cccc1Cl)C(=O)CCc1ccc(C(C)C)cc1. The first kappa shape index (κ1) is 24.2. The highest BCUT2D eigenvalue weighted by Gasteiger charge is 2.27. The number of hydrogen-bond donors (Lipinski definition) is 1. The molecule has 2 aromatic rings. The summed E-state index contributed by atoms with van der Waals surface area (Å²) < 4.78 is 0. The van der Waals surface area contributed by atoms with Crippen molar-refractivity contribution in [1.82, 2.24) is 10.2 Å². The highest BCUT2D eigenvalue weighted by molar-refractivity contribution is 6.36. The molecule has 2 rings (SSSR count). The Morgan fingerprint density at radius 1 is 1.00 bits per heavy atom. The van der Waals surface area contributed by atoms with Gasteiger partial charge in [-0.3, -0.25) is 9.59 Å². The van der Waals surface area contributed by atoms with E-state index in [9.17, 15) is 9.59 Å². The third kappa shape index (κ3) is 6.48. The second kappa shape index (κ2) is 11.4. The molecule has 4 nitrogen and oxygen atoms in total. The van der Waals surface area contributed by atoms with Crippen LogP contribution in [0.15, 0.2) is 42.5 Å². The Morgan fingerprint density at radius 3 is 2.13 bits per heavy atom. The number of nitrogens with one attached hydrogen (secondary N) is 1. The summed E-state index contributed by atoms with van der Waals surface area (Å²) >= 11 is 12.6. The molecule has 0 aliphatic heterocycles. The lowest BCUT2D eigenvalue weighted by atomic mass is 10.00. The lowest BCUT2D eigenvalue weighted by molar-refractivity contribution is -0.140. The highest BCUT2D eigenvalue weighted by Crippen LogP contribution is 2.27. The lowest BCUT2D eigenvalue weighted by Gasteiger charge is -2.29. The van der Waals surface area contributed by atoms with Gasteiger partial charge in [0.2, 0.25) is 11.8 Å². The van der Waals surface area contributed by atoms with E-state index in [4.69, 9.17) is 23.2 Å². The maximum atomic E-state index is 13.1. The summed E-state index contributed by atoms with van der Waals surface area (Å²) in [5, 5.41) is 3.75. The first-order valence-corrected chi connectivity index (χ1v) is 11.1. The monoisotopic (exact) mass is 448 g/mol. The Labute approximate surface area is 189 Å². The standard InChI is InChI=1S/C24H30Cl2N2O2/c1-5-27-24(30)17(4)28(15-20-21(25)7-6-8-22(20)26)23(29)14-11-18-9-12-19(13-10-18)16(2)3/h6-10,12-13,16-17H,5,11,14-15H2,1-4H3,(H,27,30)/t17-/m0/s1. The van der Waals surface area contributed by atoms with Gasteiger partial charge in [-0.2, -0.15) is 0 Å². The number of likely N-dealkylation sites (N-methyl/N-ethyl adjacent to an activating group) is 1. The summed E-state index contributed by atoms with van der Waals surface area (Å²) in [7, 11) is 0. The number of rotatable bonds is 9. The van der Waals surface area contributed by atoms with Crippen LogP contribution in [0.5, 0.6) is 0 Å². The second-order valence-corrected chi connectivity index (χ2v) is 8.50. The normalized spacial score (nSPS) is 12.0. The average Bonchev–Trinajstić information content (AvgIpc) is 2.72. The van der Waals surface area contributed by atoms with Gasteiger partial charge in [0.05, 0.1) is 0 Å². The third-order valence-electron chi connectivity index (χ3n) is 5.18. The average molecular weight is 449 g/mol. The van der Waals surface area contributed by atoms with E-state index < -0.39 is 6.04 Å². The Kier molecular flexibility index (Phi) is 9.19. The van der Waals surface area contributed by atoms with E-state index in [1.165, 1.54) is 5.56 Å². The Balaban J connectivity index is 2.18. The van der Waals surface area contributed by atoms with E-state index >= 15 is 0 Å². The maximum Gasteiger partial charge on any atom is 0.242 e. The fourth-order valence-corrected chi connectivity index (χ4v) is 3.74. The number of halogens is 2. The second-order valence-electron chi connectivity index (χ2n) is 7.69. The minimum Gasteiger partial charge on any atom is -0.355 e. The molecule has 0 fully saturated rings. The molecule has 0 heterocycles. The Hall–Kier alpha value is -2.04. The molecule has 0 radical (unpaired) electrons. The highest BCUT2D eigenvalue weighted by atomic mass is 35.5. The zero-order valence-corrected chi connectivity index (χ0v) is 19.6. The molecule has 162 valence electrons. The number of nitrogens with zero attached hydrogens (tertiary/aromatic N) is 1. The predicted molar refractivity (Wildman–Crippen MR) is 124 cm³/mol. The quantitative estimate of drug-likeness (QED) is 0.542. The maximum absolute atomic E-state index is 13.1. The molecule has 1 N–H and O–H groups in total. The van der Waals surface area contributed by atoms with Gasteiger partial charge in [-0.1, -0.05) is 67.4 Å². The molecule has 0 aromatic heterocycles. The third-order valence-corrected chi connectivity index (χ3v) is 5.89. The molecular formula is C24H30Cl2N2O2. The topological polar surface area (TPSA) is 49.4 Å². The van der Waals surface area contributed by atoms with Crippen molar-refractivity contribution in [3.63, 3.8) is 0 Å². The van der Waals surface area contributed by atoms with Gasteiger partial charge in [0.25, 0.3) is 0 Å². The molecular weight excluding hydrogens is 419 g/mol. The molecule has 1 atom stereocenters. The van der Waals surface area contributed by atoms with Crippen molar-refractivity contribution in [2.75, 3.05) is 6.54 Å². The lowest BCUT2D eigenvalue weighted by Crippen LogP contribution is -2.47. The first-order valence-electron chi connectivity index (χ1n) is 10.3. The molecule has 0 saturated carbocycles. The number of carbonyl (C=O) groups excluding carboxylic acids is 2. The molecule has 0 bridgehead atoms. The molecule has 0 unspecified atom stereocenters. The van der Waals surface area contributed by atoms with E-state index in [1.807, 2.05) is 6.92 Å². The van der Waals surface area contributed by atoms with Gasteiger partial charge < -0.3 is 10.2 Å². The number of hydrogen-bond acceptors (Lipinski definition) is 2. The molecule has 6 heteroatoms. The summed E-state index contributed by atoms with van der Waals surface area (Å²) in [4.78, 5) is 27.1. The van der Waals surface area contributed by atoms with Crippen molar-refractivity contribution >= 4 is 35.0 Å². The van der Waals surface area contributed by atoms with Crippen LogP contribution < -0.4 is 5.32 Å². The van der Waals surface area contributed by atoms with Gasteiger partial charge in [-0.25, -0.2) is 0 Å². The van der Waals surface area contributed by atoms with E-state index in [0.717, 1.165) is 5.56 Å². The fourth-order valence-electron chi connectivity index (χ4n) is 3.22. The van der Waals surface area contributed by atoms with E-state index in [0.29, 0.717) is 40.9 Å². The van der Waals surface area contributed by atoms with Gasteiger partial charge in [-0.05, 0) is 49.4 Å². The fraction of sp³-hybridized carbons (Fsp3) is 0.417. The smallest absolute Gasteiger partial charge is 0.242 e. The van der Waals surface area contributed by atoms with Crippen molar-refractivity contribution < 1.29 is 9.59 Å².